The number of nitrogens with zero attached hydrogens (tertiary/aromatic N) is 6. The third-order valence-corrected chi connectivity index (χ3v) is 11.3. The number of likely N-dealkylation sites (N-methyl/N-ethyl adjacent to an activating group) is 1. The first-order chi connectivity index (χ1) is 24.3. The Labute approximate surface area is 293 Å². The number of carbonyl (C=O) groups is 1. The van der Waals surface area contributed by atoms with Gasteiger partial charge in [0.2, 0.25) is 11.6 Å². The van der Waals surface area contributed by atoms with Crippen LogP contribution in [0.15, 0.2) is 30.9 Å². The van der Waals surface area contributed by atoms with E-state index in [0.717, 1.165) is 24.6 Å². The van der Waals surface area contributed by atoms with Crippen LogP contribution in [0.3, 0.4) is 0 Å². The van der Waals surface area contributed by atoms with Crippen molar-refractivity contribution in [2.75, 3.05) is 50.0 Å². The number of fused-ring (bicyclic) bond motifs is 3. The van der Waals surface area contributed by atoms with Crippen molar-refractivity contribution in [1.82, 2.24) is 19.8 Å². The lowest BCUT2D eigenvalue weighted by Gasteiger charge is -2.32. The number of thiophene rings is 1. The van der Waals surface area contributed by atoms with Crippen LogP contribution in [0, 0.1) is 18.2 Å². The number of nitrogen functional groups attached to an aromatic ring is 1. The second kappa shape index (κ2) is 12.9. The maximum atomic E-state index is 17.2. The molecule has 3 aliphatic heterocycles. The summed E-state index contributed by atoms with van der Waals surface area (Å²) in [5.41, 5.74) is 1.88. The molecule has 9 nitrogen and oxygen atoms in total. The zero-order chi connectivity index (χ0) is 36.4. The number of hydrogen-bond acceptors (Lipinski definition) is 8. The summed E-state index contributed by atoms with van der Waals surface area (Å²) in [6.07, 6.45) is -2.83. The first kappa shape index (κ1) is 34.8. The van der Waals surface area contributed by atoms with Crippen LogP contribution in [0.25, 0.3) is 37.0 Å². The Morgan fingerprint density at radius 3 is 2.76 bits per heavy atom. The predicted molar refractivity (Wildman–Crippen MR) is 183 cm³/mol. The summed E-state index contributed by atoms with van der Waals surface area (Å²) in [4.78, 5) is 29.9. The van der Waals surface area contributed by atoms with Gasteiger partial charge in [-0.2, -0.15) is 23.1 Å². The van der Waals surface area contributed by atoms with Crippen molar-refractivity contribution in [2.24, 2.45) is 0 Å². The average Bonchev–Trinajstić information content (AvgIpc) is 3.87. The molecule has 3 saturated heterocycles. The Hall–Kier alpha value is -4.62. The van der Waals surface area contributed by atoms with Crippen LogP contribution in [0.2, 0.25) is 0 Å². The summed E-state index contributed by atoms with van der Waals surface area (Å²) >= 11 is 0.685. The van der Waals surface area contributed by atoms with Gasteiger partial charge in [-0.1, -0.05) is 12.6 Å². The summed E-state index contributed by atoms with van der Waals surface area (Å²) in [7, 11) is 0. The zero-order valence-electron chi connectivity index (χ0n) is 27.5. The van der Waals surface area contributed by atoms with E-state index in [0.29, 0.717) is 37.3 Å². The molecule has 3 atom stereocenters. The van der Waals surface area contributed by atoms with E-state index in [-0.39, 0.29) is 82.1 Å². The van der Waals surface area contributed by atoms with Gasteiger partial charge in [-0.25, -0.2) is 18.0 Å². The number of halogens is 6. The molecule has 0 bridgehead atoms. The van der Waals surface area contributed by atoms with Gasteiger partial charge in [0.15, 0.2) is 5.82 Å². The molecule has 0 spiro atoms. The minimum absolute atomic E-state index is 0.0220. The van der Waals surface area contributed by atoms with E-state index in [2.05, 4.69) is 21.4 Å². The SMILES string of the molecule is [C-]#[N+]c1c(N)sc2c(F)ccc(-c3c(C(F)(F)F)cc4c(N(CC)[C@@H]5CCN(C(=O)C=C)C5)nc(OC[C@@]56CCCN5C[C@H](F)C6)nc4c3F)c12. The van der Waals surface area contributed by atoms with E-state index in [4.69, 9.17) is 17.0 Å². The Morgan fingerprint density at radius 1 is 1.27 bits per heavy atom. The van der Waals surface area contributed by atoms with E-state index < -0.39 is 52.2 Å². The Kier molecular flexibility index (Phi) is 8.78. The lowest BCUT2D eigenvalue weighted by molar-refractivity contribution is -0.137. The predicted octanol–water partition coefficient (Wildman–Crippen LogP) is 7.51. The molecule has 2 N–H and O–H groups in total. The van der Waals surface area contributed by atoms with Gasteiger partial charge in [-0.15, -0.1) is 11.3 Å². The van der Waals surface area contributed by atoms with Gasteiger partial charge in [0, 0.05) is 55.0 Å². The van der Waals surface area contributed by atoms with E-state index in [9.17, 15) is 13.6 Å². The van der Waals surface area contributed by atoms with Gasteiger partial charge in [-0.05, 0) is 56.5 Å². The minimum Gasteiger partial charge on any atom is -0.461 e. The first-order valence-electron chi connectivity index (χ1n) is 16.5. The largest absolute Gasteiger partial charge is 0.461 e. The van der Waals surface area contributed by atoms with Crippen LogP contribution >= 0.6 is 11.3 Å². The molecule has 5 heterocycles. The van der Waals surface area contributed by atoms with Crippen LogP contribution < -0.4 is 15.4 Å². The van der Waals surface area contributed by atoms with Gasteiger partial charge in [0.25, 0.3) is 0 Å². The van der Waals surface area contributed by atoms with Crippen LogP contribution in [0.1, 0.15) is 38.2 Å². The lowest BCUT2D eigenvalue weighted by atomic mass is 9.93. The second-order valence-electron chi connectivity index (χ2n) is 13.1. The average molecular weight is 730 g/mol. The van der Waals surface area contributed by atoms with E-state index in [1.807, 2.05) is 4.90 Å². The summed E-state index contributed by atoms with van der Waals surface area (Å²) < 4.78 is 97.7. The fourth-order valence-corrected chi connectivity index (χ4v) is 8.95. The van der Waals surface area contributed by atoms with Crippen molar-refractivity contribution in [3.8, 4) is 17.1 Å². The molecule has 3 fully saturated rings. The number of amides is 1. The molecule has 16 heteroatoms. The molecule has 1 amide bonds. The van der Waals surface area contributed by atoms with Crippen molar-refractivity contribution in [2.45, 2.75) is 56.5 Å². The molecular weight excluding hydrogens is 696 g/mol. The van der Waals surface area contributed by atoms with Crippen LogP contribution in [0.4, 0.5) is 42.8 Å². The van der Waals surface area contributed by atoms with Crippen molar-refractivity contribution in [3.05, 3.63) is 59.5 Å². The smallest absolute Gasteiger partial charge is 0.417 e. The third-order valence-electron chi connectivity index (χ3n) is 10.3. The van der Waals surface area contributed by atoms with Crippen molar-refractivity contribution >= 4 is 54.7 Å². The molecule has 2 aromatic heterocycles. The molecule has 0 unspecified atom stereocenters. The summed E-state index contributed by atoms with van der Waals surface area (Å²) in [5.74, 6) is -2.54. The van der Waals surface area contributed by atoms with Crippen LogP contribution in [-0.4, -0.2) is 82.8 Å². The summed E-state index contributed by atoms with van der Waals surface area (Å²) in [6, 6.07) is 1.96. The molecule has 0 radical (unpaired) electrons. The molecular formula is C35H33F6N7O2S. The molecule has 0 saturated carbocycles. The molecule has 4 aromatic rings. The fourth-order valence-electron chi connectivity index (χ4n) is 8.01. The maximum absolute atomic E-state index is 17.2. The number of aromatic nitrogens is 2. The Morgan fingerprint density at radius 2 is 2.06 bits per heavy atom. The van der Waals surface area contributed by atoms with E-state index >= 15 is 17.6 Å². The molecule has 7 rings (SSSR count). The fraction of sp³-hybridized carbons (Fsp3) is 0.429. The second-order valence-corrected chi connectivity index (χ2v) is 14.2. The highest BCUT2D eigenvalue weighted by Gasteiger charge is 2.49. The number of anilines is 2. The van der Waals surface area contributed by atoms with Gasteiger partial charge < -0.3 is 20.3 Å². The number of rotatable bonds is 8. The molecule has 2 aromatic carbocycles. The number of benzene rings is 2. The highest BCUT2D eigenvalue weighted by atomic mass is 32.1. The Balaban J connectivity index is 1.45. The normalized spacial score (nSPS) is 22.1. The number of likely N-dealkylation sites (tertiary alicyclic amines) is 1. The Bertz CT molecular complexity index is 2120. The zero-order valence-corrected chi connectivity index (χ0v) is 28.3. The van der Waals surface area contributed by atoms with Crippen LogP contribution in [-0.2, 0) is 11.0 Å². The van der Waals surface area contributed by atoms with Crippen molar-refractivity contribution < 1.29 is 35.9 Å². The van der Waals surface area contributed by atoms with Gasteiger partial charge >= 0.3 is 12.2 Å². The number of hydrogen-bond donors (Lipinski definition) is 1. The van der Waals surface area contributed by atoms with E-state index in [1.54, 1.807) is 16.7 Å². The van der Waals surface area contributed by atoms with Gasteiger partial charge in [0.1, 0.15) is 29.9 Å². The number of nitrogens with two attached hydrogens (primary N) is 1. The lowest BCUT2D eigenvalue weighted by Crippen LogP contribution is -2.43. The van der Waals surface area contributed by atoms with Gasteiger partial charge in [-0.3, -0.25) is 9.69 Å². The molecule has 51 heavy (non-hydrogen) atoms. The summed E-state index contributed by atoms with van der Waals surface area (Å²) in [5, 5.41) is -0.619. The quantitative estimate of drug-likeness (QED) is 0.114. The topological polar surface area (TPSA) is 92.2 Å². The third kappa shape index (κ3) is 5.80. The highest BCUT2D eigenvalue weighted by molar-refractivity contribution is 7.23. The first-order valence-corrected chi connectivity index (χ1v) is 17.3. The molecule has 3 aliphatic rings. The van der Waals surface area contributed by atoms with E-state index in [1.165, 1.54) is 6.08 Å². The van der Waals surface area contributed by atoms with Crippen LogP contribution in [0.5, 0.6) is 6.01 Å². The molecule has 268 valence electrons. The van der Waals surface area contributed by atoms with Crippen molar-refractivity contribution in [1.29, 1.82) is 0 Å². The van der Waals surface area contributed by atoms with Gasteiger partial charge in [0.05, 0.1) is 27.4 Å². The standard InChI is InChI=1S/C35H33F6N7O2S/c1-4-24(49)46-12-9-19(16-46)48(5-2)32-21-13-22(35(39,40)41)25(20-7-8-23(37)30-26(20)29(43-3)31(42)51-30)27(38)28(21)44-33(45-32)50-17-34-10-6-11-47(34)15-18(36)14-34/h4,7-8,13,18-19H,1,5-6,9-12,14-17,42H2,2H3/t18-,19-,34+/m1/s1. The minimum atomic E-state index is -5.12. The highest BCUT2D eigenvalue weighted by Crippen LogP contribution is 2.51. The number of ether oxygens (including phenoxy) is 1. The summed E-state index contributed by atoms with van der Waals surface area (Å²) in [6.45, 7) is 14.6. The molecule has 0 aliphatic carbocycles. The number of carbonyl (C=O) groups excluding carboxylic acids is 1. The number of alkyl halides is 4. The maximum Gasteiger partial charge on any atom is 0.417 e. The van der Waals surface area contributed by atoms with Crippen molar-refractivity contribution in [3.63, 3.8) is 0 Å². The monoisotopic (exact) mass is 729 g/mol.